The number of benzene rings is 6. The SMILES string of the molecule is Cc1c(F)cc2nn(C(c3ccccc3)(c3ccccc3)c3ccccc3)cc2c1-c1c(C2CC2)cc2c(N3C[C@@H]4C[C@H]3CN4C(=O)OC(C)(C)C)nc(O[C@H](C)CN3CCOCC3)nc2c1OCc1ccccc1. The standard InChI is InChI=1S/C62H64FN7O5/c1-40(35-67-28-30-72-31-29-67)74-59-64-56-50(58(65-59)68-36-48-32-47(68)37-69(48)60(71)75-61(3,4)5)33-49(43-26-27-43)55(57(56)73-39-42-18-10-6-11-19-42)54-41(2)52(63)34-53-51(54)38-70(66-53)62(44-20-12-7-13-21-44,45-22-14-8-15-23-45)46-24-16-9-17-25-46/h6-25,33-34,38,40,43,47-48H,26-32,35-37,39H2,1-5H3/t40-,47+,48+/m1/s1. The molecule has 75 heavy (non-hydrogen) atoms. The number of nitrogens with zero attached hydrogens (tertiary/aromatic N) is 7. The van der Waals surface area contributed by atoms with Gasteiger partial charge in [0.1, 0.15) is 41.0 Å². The van der Waals surface area contributed by atoms with E-state index in [1.807, 2.05) is 73.7 Å². The first-order valence-corrected chi connectivity index (χ1v) is 26.6. The predicted octanol–water partition coefficient (Wildman–Crippen LogP) is 11.7. The molecule has 12 nitrogen and oxygen atoms in total. The molecule has 8 aromatic rings. The molecule has 2 bridgehead atoms. The second-order valence-electron chi connectivity index (χ2n) is 21.8. The van der Waals surface area contributed by atoms with Crippen LogP contribution in [0.2, 0.25) is 0 Å². The van der Waals surface area contributed by atoms with Crippen LogP contribution in [0.5, 0.6) is 11.8 Å². The highest BCUT2D eigenvalue weighted by Crippen LogP contribution is 2.54. The van der Waals surface area contributed by atoms with Gasteiger partial charge in [0, 0.05) is 66.9 Å². The number of fused-ring (bicyclic) bond motifs is 4. The number of halogens is 1. The van der Waals surface area contributed by atoms with Crippen molar-refractivity contribution >= 4 is 33.7 Å². The maximum atomic E-state index is 17.3. The van der Waals surface area contributed by atoms with Crippen molar-refractivity contribution < 1.29 is 28.1 Å². The Morgan fingerprint density at radius 1 is 0.787 bits per heavy atom. The molecule has 0 spiro atoms. The van der Waals surface area contributed by atoms with Gasteiger partial charge < -0.3 is 28.7 Å². The lowest BCUT2D eigenvalue weighted by atomic mass is 9.77. The van der Waals surface area contributed by atoms with Gasteiger partial charge in [0.15, 0.2) is 5.75 Å². The molecule has 4 fully saturated rings. The van der Waals surface area contributed by atoms with Crippen LogP contribution in [0.1, 0.15) is 86.3 Å². The lowest BCUT2D eigenvalue weighted by Crippen LogP contribution is -2.50. The number of carbonyl (C=O) groups is 1. The Morgan fingerprint density at radius 2 is 1.41 bits per heavy atom. The van der Waals surface area contributed by atoms with Gasteiger partial charge in [-0.3, -0.25) is 9.58 Å². The van der Waals surface area contributed by atoms with Crippen molar-refractivity contribution in [1.29, 1.82) is 0 Å². The van der Waals surface area contributed by atoms with E-state index in [0.717, 1.165) is 82.3 Å². The molecular weight excluding hydrogens is 942 g/mol. The molecule has 12 rings (SSSR count). The normalized spacial score (nSPS) is 18.5. The number of ether oxygens (including phenoxy) is 4. The van der Waals surface area contributed by atoms with Crippen LogP contribution < -0.4 is 14.4 Å². The summed E-state index contributed by atoms with van der Waals surface area (Å²) in [7, 11) is 0. The van der Waals surface area contributed by atoms with E-state index in [-0.39, 0.29) is 48.6 Å². The third kappa shape index (κ3) is 9.24. The van der Waals surface area contributed by atoms with Gasteiger partial charge >= 0.3 is 12.1 Å². The fourth-order valence-electron chi connectivity index (χ4n) is 11.8. The van der Waals surface area contributed by atoms with E-state index >= 15 is 4.39 Å². The summed E-state index contributed by atoms with van der Waals surface area (Å²) in [4.78, 5) is 30.8. The fourth-order valence-corrected chi connectivity index (χ4v) is 11.8. The number of piperazine rings is 1. The Morgan fingerprint density at radius 3 is 2.00 bits per heavy atom. The van der Waals surface area contributed by atoms with Crippen LogP contribution in [-0.2, 0) is 21.6 Å². The van der Waals surface area contributed by atoms with Crippen LogP contribution in [0, 0.1) is 12.7 Å². The number of aromatic nitrogens is 4. The van der Waals surface area contributed by atoms with Crippen molar-refractivity contribution in [2.75, 3.05) is 50.8 Å². The van der Waals surface area contributed by atoms with Crippen molar-refractivity contribution in [2.24, 2.45) is 0 Å². The lowest BCUT2D eigenvalue weighted by molar-refractivity contribution is 0.0203. The largest absolute Gasteiger partial charge is 0.486 e. The molecule has 2 aromatic heterocycles. The van der Waals surface area contributed by atoms with E-state index in [1.165, 1.54) is 0 Å². The van der Waals surface area contributed by atoms with Crippen LogP contribution in [0.25, 0.3) is 32.9 Å². The van der Waals surface area contributed by atoms with Crippen LogP contribution in [0.15, 0.2) is 140 Å². The van der Waals surface area contributed by atoms with Crippen LogP contribution in [0.3, 0.4) is 0 Å². The topological polar surface area (TPSA) is 107 Å². The van der Waals surface area contributed by atoms with Crippen molar-refractivity contribution in [1.82, 2.24) is 29.5 Å². The van der Waals surface area contributed by atoms with Gasteiger partial charge in [-0.05, 0) is 99.2 Å². The molecule has 0 radical (unpaired) electrons. The van der Waals surface area contributed by atoms with Gasteiger partial charge in [0.05, 0.1) is 30.8 Å². The quantitative estimate of drug-likeness (QED) is 0.0977. The molecule has 0 unspecified atom stereocenters. The summed E-state index contributed by atoms with van der Waals surface area (Å²) in [5.74, 6) is 1.07. The molecule has 3 aliphatic heterocycles. The first-order valence-electron chi connectivity index (χ1n) is 26.6. The molecule has 13 heteroatoms. The second kappa shape index (κ2) is 19.7. The fraction of sp³-hybridized carbons (Fsp3) is 0.355. The van der Waals surface area contributed by atoms with Gasteiger partial charge in [-0.15, -0.1) is 0 Å². The number of rotatable bonds is 14. The Labute approximate surface area is 438 Å². The van der Waals surface area contributed by atoms with E-state index in [0.29, 0.717) is 60.8 Å². The molecule has 3 atom stereocenters. The highest BCUT2D eigenvalue weighted by atomic mass is 19.1. The number of hydrogen-bond donors (Lipinski definition) is 0. The monoisotopic (exact) mass is 1010 g/mol. The van der Waals surface area contributed by atoms with E-state index < -0.39 is 11.1 Å². The molecule has 0 N–H and O–H groups in total. The minimum atomic E-state index is -0.944. The Hall–Kier alpha value is -7.35. The zero-order valence-corrected chi connectivity index (χ0v) is 43.4. The molecular formula is C62H64FN7O5. The van der Waals surface area contributed by atoms with E-state index in [2.05, 4.69) is 114 Å². The zero-order chi connectivity index (χ0) is 51.4. The van der Waals surface area contributed by atoms with Crippen molar-refractivity contribution in [3.05, 3.63) is 179 Å². The van der Waals surface area contributed by atoms with Crippen LogP contribution in [0.4, 0.5) is 15.0 Å². The molecule has 3 saturated heterocycles. The number of morpholine rings is 1. The van der Waals surface area contributed by atoms with Crippen molar-refractivity contribution in [3.63, 3.8) is 0 Å². The third-order valence-corrected chi connectivity index (χ3v) is 15.4. The highest BCUT2D eigenvalue weighted by Gasteiger charge is 2.48. The first kappa shape index (κ1) is 48.6. The highest BCUT2D eigenvalue weighted by molar-refractivity contribution is 6.06. The van der Waals surface area contributed by atoms with E-state index in [4.69, 9.17) is 34.0 Å². The average molecular weight is 1010 g/mol. The predicted molar refractivity (Wildman–Crippen MR) is 290 cm³/mol. The van der Waals surface area contributed by atoms with Gasteiger partial charge in [-0.2, -0.15) is 15.1 Å². The van der Waals surface area contributed by atoms with Gasteiger partial charge in [0.25, 0.3) is 0 Å². The average Bonchev–Trinajstić information content (AvgIpc) is 3.92. The molecule has 5 heterocycles. The molecule has 1 amide bonds. The summed E-state index contributed by atoms with van der Waals surface area (Å²) >= 11 is 0. The van der Waals surface area contributed by atoms with Crippen molar-refractivity contribution in [2.45, 2.75) is 95.7 Å². The van der Waals surface area contributed by atoms with E-state index in [1.54, 1.807) is 6.07 Å². The van der Waals surface area contributed by atoms with Gasteiger partial charge in [-0.25, -0.2) is 9.18 Å². The maximum absolute atomic E-state index is 17.3. The third-order valence-electron chi connectivity index (χ3n) is 15.4. The summed E-state index contributed by atoms with van der Waals surface area (Å²) in [6.45, 7) is 14.6. The van der Waals surface area contributed by atoms with Crippen molar-refractivity contribution in [3.8, 4) is 22.9 Å². The summed E-state index contributed by atoms with van der Waals surface area (Å²) in [5, 5.41) is 7.05. The number of carbonyl (C=O) groups excluding carboxylic acids is 1. The Bertz CT molecular complexity index is 3260. The summed E-state index contributed by atoms with van der Waals surface area (Å²) in [6.07, 6.45) is 4.25. The molecule has 384 valence electrons. The number of hydrogen-bond acceptors (Lipinski definition) is 10. The minimum Gasteiger partial charge on any atom is -0.486 e. The summed E-state index contributed by atoms with van der Waals surface area (Å²) < 4.78 is 44.9. The number of likely N-dealkylation sites (tertiary alicyclic amines) is 1. The summed E-state index contributed by atoms with van der Waals surface area (Å²) in [6, 6.07) is 45.4. The van der Waals surface area contributed by atoms with E-state index in [9.17, 15) is 4.79 Å². The number of anilines is 1. The smallest absolute Gasteiger partial charge is 0.410 e. The zero-order valence-electron chi connectivity index (χ0n) is 43.4. The Kier molecular flexibility index (Phi) is 12.8. The van der Waals surface area contributed by atoms with Crippen LogP contribution in [-0.4, -0.2) is 105 Å². The lowest BCUT2D eigenvalue weighted by Gasteiger charge is -2.36. The maximum Gasteiger partial charge on any atom is 0.410 e. The molecule has 1 saturated carbocycles. The molecule has 1 aliphatic carbocycles. The summed E-state index contributed by atoms with van der Waals surface area (Å²) in [5.41, 5.74) is 6.58. The Balaban J connectivity index is 1.09. The number of amides is 1. The van der Waals surface area contributed by atoms with Crippen LogP contribution >= 0.6 is 0 Å². The first-order chi connectivity index (χ1) is 36.4. The van der Waals surface area contributed by atoms with Gasteiger partial charge in [0.2, 0.25) is 0 Å². The molecule has 4 aliphatic rings. The molecule has 6 aromatic carbocycles. The van der Waals surface area contributed by atoms with Gasteiger partial charge in [-0.1, -0.05) is 121 Å². The minimum absolute atomic E-state index is 0.0213. The second-order valence-corrected chi connectivity index (χ2v) is 21.8.